The molecule has 0 radical (unpaired) electrons. The lowest BCUT2D eigenvalue weighted by atomic mass is 10.1. The Bertz CT molecular complexity index is 441. The van der Waals surface area contributed by atoms with Crippen LogP contribution in [0.15, 0.2) is 30.5 Å². The summed E-state index contributed by atoms with van der Waals surface area (Å²) in [7, 11) is 0. The molecule has 0 heterocycles. The van der Waals surface area contributed by atoms with Crippen LogP contribution < -0.4 is 5.73 Å². The third kappa shape index (κ3) is 2.76. The summed E-state index contributed by atoms with van der Waals surface area (Å²) in [4.78, 5) is 19.2. The molecule has 0 unspecified atom stereocenters. The lowest BCUT2D eigenvalue weighted by Gasteiger charge is -1.97. The van der Waals surface area contributed by atoms with E-state index in [4.69, 9.17) is 5.73 Å². The molecule has 78 valence electrons. The molecule has 0 aliphatic carbocycles. The zero-order valence-electron chi connectivity index (χ0n) is 7.49. The number of benzene rings is 1. The first-order chi connectivity index (χ1) is 7.00. The zero-order valence-corrected chi connectivity index (χ0v) is 7.49. The summed E-state index contributed by atoms with van der Waals surface area (Å²) in [5, 5.41) is 20.5. The van der Waals surface area contributed by atoms with E-state index < -0.39 is 9.85 Å². The highest BCUT2D eigenvalue weighted by Gasteiger charge is 2.08. The first kappa shape index (κ1) is 10.6. The van der Waals surface area contributed by atoms with Gasteiger partial charge in [0, 0.05) is 17.7 Å². The third-order valence-electron chi connectivity index (χ3n) is 1.63. The van der Waals surface area contributed by atoms with Crippen LogP contribution in [0, 0.1) is 20.2 Å². The second-order valence-electron chi connectivity index (χ2n) is 2.68. The fourth-order valence-corrected chi connectivity index (χ4v) is 0.987. The summed E-state index contributed by atoms with van der Waals surface area (Å²) < 4.78 is 0. The number of nitrogens with two attached hydrogens (primary N) is 1. The van der Waals surface area contributed by atoms with Crippen LogP contribution in [0.5, 0.6) is 0 Å². The molecular weight excluding hydrogens is 202 g/mol. The lowest BCUT2D eigenvalue weighted by molar-refractivity contribution is -0.401. The van der Waals surface area contributed by atoms with E-state index in [-0.39, 0.29) is 16.9 Å². The molecule has 0 atom stereocenters. The Labute approximate surface area is 84.1 Å². The van der Waals surface area contributed by atoms with Gasteiger partial charge in [-0.3, -0.25) is 20.2 Å². The molecule has 0 bridgehead atoms. The van der Waals surface area contributed by atoms with Crippen LogP contribution in [-0.2, 0) is 0 Å². The molecule has 0 amide bonds. The van der Waals surface area contributed by atoms with Gasteiger partial charge in [-0.25, -0.2) is 0 Å². The van der Waals surface area contributed by atoms with Gasteiger partial charge in [0.25, 0.3) is 11.9 Å². The van der Waals surface area contributed by atoms with Crippen molar-refractivity contribution in [2.45, 2.75) is 0 Å². The number of hydrogen-bond donors (Lipinski definition) is 1. The summed E-state index contributed by atoms with van der Waals surface area (Å²) in [6.45, 7) is 0. The fourth-order valence-electron chi connectivity index (χ4n) is 0.987. The van der Waals surface area contributed by atoms with Gasteiger partial charge in [0.15, 0.2) is 0 Å². The Hall–Kier alpha value is -2.44. The van der Waals surface area contributed by atoms with Crippen molar-refractivity contribution in [2.24, 2.45) is 5.73 Å². The molecule has 1 aromatic rings. The largest absolute Gasteiger partial charge is 0.393 e. The van der Waals surface area contributed by atoms with E-state index in [2.05, 4.69) is 0 Å². The SMILES string of the molecule is NC(=C[N+](=O)[O-])c1cccc([N+](=O)[O-])c1. The van der Waals surface area contributed by atoms with Crippen LogP contribution in [0.3, 0.4) is 0 Å². The van der Waals surface area contributed by atoms with Crippen molar-refractivity contribution >= 4 is 11.4 Å². The van der Waals surface area contributed by atoms with Gasteiger partial charge in [-0.1, -0.05) is 12.1 Å². The number of nitro groups is 2. The van der Waals surface area contributed by atoms with Gasteiger partial charge in [-0.15, -0.1) is 0 Å². The van der Waals surface area contributed by atoms with Crippen LogP contribution in [0.1, 0.15) is 5.56 Å². The second kappa shape index (κ2) is 4.18. The lowest BCUT2D eigenvalue weighted by Crippen LogP contribution is -2.00. The smallest absolute Gasteiger partial charge is 0.270 e. The predicted molar refractivity (Wildman–Crippen MR) is 52.3 cm³/mol. The van der Waals surface area contributed by atoms with E-state index in [0.29, 0.717) is 6.20 Å². The average Bonchev–Trinajstić information content (AvgIpc) is 2.17. The highest BCUT2D eigenvalue weighted by molar-refractivity contribution is 5.63. The van der Waals surface area contributed by atoms with Gasteiger partial charge in [0.1, 0.15) is 5.70 Å². The summed E-state index contributed by atoms with van der Waals surface area (Å²) in [5.74, 6) is 0. The molecule has 0 fully saturated rings. The molecule has 7 nitrogen and oxygen atoms in total. The average molecular weight is 209 g/mol. The topological polar surface area (TPSA) is 112 Å². The van der Waals surface area contributed by atoms with Gasteiger partial charge in [0.2, 0.25) is 0 Å². The van der Waals surface area contributed by atoms with Crippen LogP contribution in [0.25, 0.3) is 5.70 Å². The highest BCUT2D eigenvalue weighted by Crippen LogP contribution is 2.16. The summed E-state index contributed by atoms with van der Waals surface area (Å²) in [6.07, 6.45) is 0.596. The molecule has 7 heteroatoms. The Kier molecular flexibility index (Phi) is 2.97. The maximum absolute atomic E-state index is 10.4. The first-order valence-corrected chi connectivity index (χ1v) is 3.86. The summed E-state index contributed by atoms with van der Waals surface area (Å²) in [5.41, 5.74) is 5.33. The van der Waals surface area contributed by atoms with E-state index in [9.17, 15) is 20.2 Å². The summed E-state index contributed by atoms with van der Waals surface area (Å²) >= 11 is 0. The maximum atomic E-state index is 10.4. The highest BCUT2D eigenvalue weighted by atomic mass is 16.6. The van der Waals surface area contributed by atoms with Crippen LogP contribution in [-0.4, -0.2) is 9.85 Å². The van der Waals surface area contributed by atoms with E-state index in [1.807, 2.05) is 0 Å². The standard InChI is InChI=1S/C8H7N3O4/c9-8(5-10(12)13)6-2-1-3-7(4-6)11(14)15/h1-5H,9H2. The van der Waals surface area contributed by atoms with Gasteiger partial charge in [0.05, 0.1) is 9.85 Å². The number of hydrogen-bond acceptors (Lipinski definition) is 5. The fraction of sp³-hybridized carbons (Fsp3) is 0. The molecule has 0 aromatic heterocycles. The molecule has 2 N–H and O–H groups in total. The monoisotopic (exact) mass is 209 g/mol. The molecule has 0 aliphatic heterocycles. The molecule has 0 aliphatic rings. The normalized spacial score (nSPS) is 11.1. The van der Waals surface area contributed by atoms with Crippen molar-refractivity contribution in [1.82, 2.24) is 0 Å². The van der Waals surface area contributed by atoms with Crippen molar-refractivity contribution in [1.29, 1.82) is 0 Å². The molecule has 15 heavy (non-hydrogen) atoms. The van der Waals surface area contributed by atoms with Gasteiger partial charge >= 0.3 is 0 Å². The molecule has 0 saturated carbocycles. The van der Waals surface area contributed by atoms with Crippen molar-refractivity contribution in [3.8, 4) is 0 Å². The van der Waals surface area contributed by atoms with Gasteiger partial charge in [-0.2, -0.15) is 0 Å². The number of nitrogens with zero attached hydrogens (tertiary/aromatic N) is 2. The minimum absolute atomic E-state index is 0.122. The number of non-ortho nitro benzene ring substituents is 1. The molecular formula is C8H7N3O4. The van der Waals surface area contributed by atoms with Crippen LogP contribution in [0.2, 0.25) is 0 Å². The quantitative estimate of drug-likeness (QED) is 0.592. The Morgan fingerprint density at radius 1 is 1.33 bits per heavy atom. The maximum Gasteiger partial charge on any atom is 0.270 e. The second-order valence-corrected chi connectivity index (χ2v) is 2.68. The van der Waals surface area contributed by atoms with Crippen molar-refractivity contribution in [3.63, 3.8) is 0 Å². The van der Waals surface area contributed by atoms with Crippen LogP contribution >= 0.6 is 0 Å². The summed E-state index contributed by atoms with van der Waals surface area (Å²) in [6, 6.07) is 5.33. The molecule has 1 aromatic carbocycles. The Morgan fingerprint density at radius 3 is 2.53 bits per heavy atom. The van der Waals surface area contributed by atoms with Crippen molar-refractivity contribution in [2.75, 3.05) is 0 Å². The third-order valence-corrected chi connectivity index (χ3v) is 1.63. The van der Waals surface area contributed by atoms with E-state index in [0.717, 1.165) is 0 Å². The van der Waals surface area contributed by atoms with E-state index in [1.165, 1.54) is 24.3 Å². The minimum Gasteiger partial charge on any atom is -0.393 e. The first-order valence-electron chi connectivity index (χ1n) is 3.86. The van der Waals surface area contributed by atoms with Crippen LogP contribution in [0.4, 0.5) is 5.69 Å². The van der Waals surface area contributed by atoms with Gasteiger partial charge < -0.3 is 5.73 Å². The van der Waals surface area contributed by atoms with Crippen molar-refractivity contribution in [3.05, 3.63) is 56.3 Å². The Balaban J connectivity index is 3.11. The molecule has 1 rings (SSSR count). The van der Waals surface area contributed by atoms with Gasteiger partial charge in [-0.05, 0) is 0 Å². The zero-order chi connectivity index (χ0) is 11.4. The Morgan fingerprint density at radius 2 is 2.00 bits per heavy atom. The van der Waals surface area contributed by atoms with E-state index in [1.54, 1.807) is 0 Å². The number of nitro benzene ring substituents is 1. The minimum atomic E-state index is -0.714. The van der Waals surface area contributed by atoms with Crippen molar-refractivity contribution < 1.29 is 9.85 Å². The molecule has 0 spiro atoms. The number of rotatable bonds is 3. The van der Waals surface area contributed by atoms with E-state index >= 15 is 0 Å². The molecule has 0 saturated heterocycles. The predicted octanol–water partition coefficient (Wildman–Crippen LogP) is 1.13.